The lowest BCUT2D eigenvalue weighted by Crippen LogP contribution is -2.34. The number of Topliss-reactive ketones (excluding diaryl/α,β-unsaturated/α-hetero) is 1. The second-order valence-corrected chi connectivity index (χ2v) is 4.94. The Morgan fingerprint density at radius 3 is 2.72 bits per heavy atom. The summed E-state index contributed by atoms with van der Waals surface area (Å²) in [7, 11) is 2.03. The SMILES string of the molecule is CC(=O)c1cc(C(=O)O)n(C2CCCN(C)C2)c1. The number of hydrogen-bond donors (Lipinski definition) is 1. The third kappa shape index (κ3) is 2.46. The number of carbonyl (C=O) groups is 2. The van der Waals surface area contributed by atoms with Crippen molar-refractivity contribution in [2.45, 2.75) is 25.8 Å². The van der Waals surface area contributed by atoms with Crippen LogP contribution < -0.4 is 0 Å². The number of rotatable bonds is 3. The highest BCUT2D eigenvalue weighted by Crippen LogP contribution is 2.24. The van der Waals surface area contributed by atoms with Gasteiger partial charge >= 0.3 is 5.97 Å². The van der Waals surface area contributed by atoms with E-state index in [4.69, 9.17) is 0 Å². The number of carboxylic acids is 1. The molecule has 5 heteroatoms. The number of piperidine rings is 1. The van der Waals surface area contributed by atoms with Crippen molar-refractivity contribution in [1.82, 2.24) is 9.47 Å². The van der Waals surface area contributed by atoms with E-state index in [0.717, 1.165) is 25.9 Å². The predicted molar refractivity (Wildman–Crippen MR) is 67.2 cm³/mol. The molecule has 0 aliphatic carbocycles. The lowest BCUT2D eigenvalue weighted by atomic mass is 10.1. The molecule has 1 unspecified atom stereocenters. The Balaban J connectivity index is 2.35. The quantitative estimate of drug-likeness (QED) is 0.829. The Bertz CT molecular complexity index is 479. The second-order valence-electron chi connectivity index (χ2n) is 4.94. The number of likely N-dealkylation sites (tertiary alicyclic amines) is 1. The van der Waals surface area contributed by atoms with E-state index in [0.29, 0.717) is 5.56 Å². The molecule has 1 fully saturated rings. The second kappa shape index (κ2) is 4.94. The van der Waals surface area contributed by atoms with E-state index in [1.165, 1.54) is 13.0 Å². The zero-order valence-corrected chi connectivity index (χ0v) is 10.7. The Hall–Kier alpha value is -1.62. The van der Waals surface area contributed by atoms with Crippen molar-refractivity contribution in [3.05, 3.63) is 23.5 Å². The van der Waals surface area contributed by atoms with Crippen LogP contribution >= 0.6 is 0 Å². The summed E-state index contributed by atoms with van der Waals surface area (Å²) in [5, 5.41) is 9.21. The van der Waals surface area contributed by atoms with Crippen LogP contribution in [-0.2, 0) is 0 Å². The van der Waals surface area contributed by atoms with Gasteiger partial charge in [-0.05, 0) is 39.4 Å². The van der Waals surface area contributed by atoms with Gasteiger partial charge in [-0.25, -0.2) is 4.79 Å². The van der Waals surface area contributed by atoms with Crippen molar-refractivity contribution in [2.24, 2.45) is 0 Å². The van der Waals surface area contributed by atoms with Crippen LogP contribution in [0.3, 0.4) is 0 Å². The van der Waals surface area contributed by atoms with Gasteiger partial charge in [-0.15, -0.1) is 0 Å². The van der Waals surface area contributed by atoms with E-state index in [1.54, 1.807) is 10.8 Å². The summed E-state index contributed by atoms with van der Waals surface area (Å²) >= 11 is 0. The normalized spacial score (nSPS) is 20.9. The first-order valence-electron chi connectivity index (χ1n) is 6.13. The first kappa shape index (κ1) is 12.8. The lowest BCUT2D eigenvalue weighted by molar-refractivity contribution is 0.0678. The van der Waals surface area contributed by atoms with Crippen LogP contribution in [0.15, 0.2) is 12.3 Å². The number of carboxylic acid groups (broad SMARTS) is 1. The van der Waals surface area contributed by atoms with E-state index in [2.05, 4.69) is 4.90 Å². The van der Waals surface area contributed by atoms with Gasteiger partial charge in [-0.3, -0.25) is 4.79 Å². The molecule has 0 radical (unpaired) electrons. The summed E-state index contributed by atoms with van der Waals surface area (Å²) in [5.41, 5.74) is 0.682. The van der Waals surface area contributed by atoms with Crippen LogP contribution in [0, 0.1) is 0 Å². The highest BCUT2D eigenvalue weighted by Gasteiger charge is 2.24. The van der Waals surface area contributed by atoms with E-state index in [9.17, 15) is 14.7 Å². The van der Waals surface area contributed by atoms with E-state index in [-0.39, 0.29) is 17.5 Å². The fraction of sp³-hybridized carbons (Fsp3) is 0.538. The molecule has 1 N–H and O–H groups in total. The summed E-state index contributed by atoms with van der Waals surface area (Å²) in [6, 6.07) is 1.61. The van der Waals surface area contributed by atoms with Gasteiger partial charge in [0, 0.05) is 24.3 Å². The molecule has 1 aliphatic rings. The van der Waals surface area contributed by atoms with Gasteiger partial charge < -0.3 is 14.6 Å². The van der Waals surface area contributed by atoms with Crippen LogP contribution in [0.25, 0.3) is 0 Å². The van der Waals surface area contributed by atoms with Gasteiger partial charge in [-0.1, -0.05) is 0 Å². The topological polar surface area (TPSA) is 62.5 Å². The molecule has 2 rings (SSSR count). The third-order valence-corrected chi connectivity index (χ3v) is 3.47. The molecular weight excluding hydrogens is 232 g/mol. The molecule has 0 aromatic carbocycles. The van der Waals surface area contributed by atoms with Crippen LogP contribution in [0.5, 0.6) is 0 Å². The van der Waals surface area contributed by atoms with Crippen molar-refractivity contribution < 1.29 is 14.7 Å². The van der Waals surface area contributed by atoms with E-state index < -0.39 is 5.97 Å². The molecule has 18 heavy (non-hydrogen) atoms. The Morgan fingerprint density at radius 1 is 1.44 bits per heavy atom. The third-order valence-electron chi connectivity index (χ3n) is 3.47. The Kier molecular flexibility index (Phi) is 3.52. The van der Waals surface area contributed by atoms with Gasteiger partial charge in [0.2, 0.25) is 0 Å². The molecule has 98 valence electrons. The minimum atomic E-state index is -0.976. The molecule has 0 amide bonds. The van der Waals surface area contributed by atoms with E-state index in [1.807, 2.05) is 7.05 Å². The average molecular weight is 250 g/mol. The van der Waals surface area contributed by atoms with Gasteiger partial charge in [0.05, 0.1) is 0 Å². The highest BCUT2D eigenvalue weighted by molar-refractivity contribution is 5.97. The van der Waals surface area contributed by atoms with Gasteiger partial charge in [-0.2, -0.15) is 0 Å². The Morgan fingerprint density at radius 2 is 2.17 bits per heavy atom. The predicted octanol–water partition coefficient (Wildman–Crippen LogP) is 1.66. The molecule has 5 nitrogen and oxygen atoms in total. The summed E-state index contributed by atoms with van der Waals surface area (Å²) in [4.78, 5) is 24.8. The highest BCUT2D eigenvalue weighted by atomic mass is 16.4. The first-order valence-corrected chi connectivity index (χ1v) is 6.13. The number of carbonyl (C=O) groups excluding carboxylic acids is 1. The zero-order valence-electron chi connectivity index (χ0n) is 10.7. The summed E-state index contributed by atoms with van der Waals surface area (Å²) in [6.07, 6.45) is 3.68. The average Bonchev–Trinajstić information content (AvgIpc) is 2.73. The zero-order chi connectivity index (χ0) is 13.3. The molecule has 0 spiro atoms. The number of aromatic carboxylic acids is 1. The number of nitrogens with zero attached hydrogens (tertiary/aromatic N) is 2. The minimum Gasteiger partial charge on any atom is -0.477 e. The molecule has 1 aliphatic heterocycles. The fourth-order valence-electron chi connectivity index (χ4n) is 2.51. The Labute approximate surface area is 106 Å². The van der Waals surface area contributed by atoms with Crippen LogP contribution in [0.2, 0.25) is 0 Å². The van der Waals surface area contributed by atoms with Crippen molar-refractivity contribution >= 4 is 11.8 Å². The molecule has 1 aromatic heterocycles. The van der Waals surface area contributed by atoms with Gasteiger partial charge in [0.1, 0.15) is 5.69 Å². The standard InChI is InChI=1S/C13H18N2O3/c1-9(16)10-6-12(13(17)18)15(7-10)11-4-3-5-14(2)8-11/h6-7,11H,3-5,8H2,1-2H3,(H,17,18). The molecule has 1 atom stereocenters. The summed E-state index contributed by atoms with van der Waals surface area (Å²) in [6.45, 7) is 3.32. The van der Waals surface area contributed by atoms with Crippen LogP contribution in [0.1, 0.15) is 46.7 Å². The molecule has 2 heterocycles. The van der Waals surface area contributed by atoms with Crippen molar-refractivity contribution in [3.8, 4) is 0 Å². The van der Waals surface area contributed by atoms with Crippen LogP contribution in [0.4, 0.5) is 0 Å². The lowest BCUT2D eigenvalue weighted by Gasteiger charge is -2.31. The van der Waals surface area contributed by atoms with Crippen molar-refractivity contribution in [3.63, 3.8) is 0 Å². The summed E-state index contributed by atoms with van der Waals surface area (Å²) in [5.74, 6) is -1.07. The maximum atomic E-state index is 11.4. The van der Waals surface area contributed by atoms with Crippen molar-refractivity contribution in [2.75, 3.05) is 20.1 Å². The number of aromatic nitrogens is 1. The number of ketones is 1. The molecular formula is C13H18N2O3. The fourth-order valence-corrected chi connectivity index (χ4v) is 2.51. The number of hydrogen-bond acceptors (Lipinski definition) is 3. The largest absolute Gasteiger partial charge is 0.477 e. The monoisotopic (exact) mass is 250 g/mol. The molecule has 1 saturated heterocycles. The molecule has 0 bridgehead atoms. The maximum absolute atomic E-state index is 11.4. The first-order chi connectivity index (χ1) is 8.49. The summed E-state index contributed by atoms with van der Waals surface area (Å²) < 4.78 is 1.74. The maximum Gasteiger partial charge on any atom is 0.352 e. The smallest absolute Gasteiger partial charge is 0.352 e. The molecule has 1 aromatic rings. The van der Waals surface area contributed by atoms with Gasteiger partial charge in [0.15, 0.2) is 5.78 Å². The number of likely N-dealkylation sites (N-methyl/N-ethyl adjacent to an activating group) is 1. The van der Waals surface area contributed by atoms with Crippen LogP contribution in [-0.4, -0.2) is 46.5 Å². The molecule has 0 saturated carbocycles. The van der Waals surface area contributed by atoms with Gasteiger partial charge in [0.25, 0.3) is 0 Å². The van der Waals surface area contributed by atoms with Crippen molar-refractivity contribution in [1.29, 1.82) is 0 Å². The minimum absolute atomic E-state index is 0.0968. The van der Waals surface area contributed by atoms with E-state index >= 15 is 0 Å².